The highest BCUT2D eigenvalue weighted by Gasteiger charge is 2.01. The molecule has 0 aliphatic rings. The lowest BCUT2D eigenvalue weighted by Crippen LogP contribution is -2.00. The van der Waals surface area contributed by atoms with Crippen LogP contribution in [0.1, 0.15) is 5.01 Å². The Balaban J connectivity index is 2.04. The van der Waals surface area contributed by atoms with Gasteiger partial charge in [-0.25, -0.2) is 4.98 Å². The minimum absolute atomic E-state index is 0.734. The van der Waals surface area contributed by atoms with E-state index in [-0.39, 0.29) is 0 Å². The Bertz CT molecular complexity index is 414. The largest absolute Gasteiger partial charge is 0.495 e. The van der Waals surface area contributed by atoms with Crippen molar-refractivity contribution in [3.05, 3.63) is 40.8 Å². The van der Waals surface area contributed by atoms with E-state index in [0.29, 0.717) is 0 Å². The first-order valence-electron chi connectivity index (χ1n) is 4.65. The monoisotopic (exact) mass is 220 g/mol. The molecule has 0 radical (unpaired) electrons. The van der Waals surface area contributed by atoms with Gasteiger partial charge in [0, 0.05) is 11.6 Å². The maximum Gasteiger partial charge on any atom is 0.141 e. The molecule has 4 heteroatoms. The van der Waals surface area contributed by atoms with Gasteiger partial charge in [0.15, 0.2) is 0 Å². The lowest BCUT2D eigenvalue weighted by atomic mass is 10.3. The summed E-state index contributed by atoms with van der Waals surface area (Å²) in [6.45, 7) is 0.734. The molecule has 3 nitrogen and oxygen atoms in total. The fraction of sp³-hybridized carbons (Fsp3) is 0.182. The summed E-state index contributed by atoms with van der Waals surface area (Å²) in [7, 11) is 1.67. The van der Waals surface area contributed by atoms with E-state index in [2.05, 4.69) is 10.3 Å². The summed E-state index contributed by atoms with van der Waals surface area (Å²) < 4.78 is 5.24. The standard InChI is InChI=1S/C11H12N2OS/c1-14-10-5-3-2-4-9(10)13-8-11-12-6-7-15-11/h2-7,13H,8H2,1H3. The molecule has 0 spiro atoms. The molecule has 2 rings (SSSR count). The maximum absolute atomic E-state index is 5.24. The zero-order valence-corrected chi connectivity index (χ0v) is 9.25. The first-order valence-corrected chi connectivity index (χ1v) is 5.53. The van der Waals surface area contributed by atoms with E-state index in [9.17, 15) is 0 Å². The molecule has 1 aromatic carbocycles. The second-order valence-electron chi connectivity index (χ2n) is 2.98. The van der Waals surface area contributed by atoms with Crippen LogP contribution in [-0.4, -0.2) is 12.1 Å². The van der Waals surface area contributed by atoms with Crippen LogP contribution in [-0.2, 0) is 6.54 Å². The van der Waals surface area contributed by atoms with Gasteiger partial charge in [-0.3, -0.25) is 0 Å². The van der Waals surface area contributed by atoms with Crippen molar-refractivity contribution in [2.75, 3.05) is 12.4 Å². The smallest absolute Gasteiger partial charge is 0.141 e. The van der Waals surface area contributed by atoms with Gasteiger partial charge >= 0.3 is 0 Å². The van der Waals surface area contributed by atoms with Crippen LogP contribution in [0.15, 0.2) is 35.8 Å². The van der Waals surface area contributed by atoms with Crippen LogP contribution in [0.5, 0.6) is 5.75 Å². The first-order chi connectivity index (χ1) is 7.40. The van der Waals surface area contributed by atoms with Crippen molar-refractivity contribution in [3.63, 3.8) is 0 Å². The summed E-state index contributed by atoms with van der Waals surface area (Å²) >= 11 is 1.64. The van der Waals surface area contributed by atoms with Crippen molar-refractivity contribution in [2.45, 2.75) is 6.54 Å². The molecule has 0 aliphatic heterocycles. The van der Waals surface area contributed by atoms with Crippen molar-refractivity contribution in [1.29, 1.82) is 0 Å². The van der Waals surface area contributed by atoms with Gasteiger partial charge in [0.1, 0.15) is 10.8 Å². The Morgan fingerprint density at radius 3 is 3.00 bits per heavy atom. The molecule has 1 aromatic heterocycles. The number of ether oxygens (including phenoxy) is 1. The molecule has 78 valence electrons. The second kappa shape index (κ2) is 4.79. The second-order valence-corrected chi connectivity index (χ2v) is 3.96. The Kier molecular flexibility index (Phi) is 3.19. The lowest BCUT2D eigenvalue weighted by Gasteiger charge is -2.09. The lowest BCUT2D eigenvalue weighted by molar-refractivity contribution is 0.416. The number of nitrogens with zero attached hydrogens (tertiary/aromatic N) is 1. The Labute approximate surface area is 92.7 Å². The van der Waals surface area contributed by atoms with Crippen molar-refractivity contribution < 1.29 is 4.74 Å². The summed E-state index contributed by atoms with van der Waals surface area (Å²) in [5, 5.41) is 6.33. The van der Waals surface area contributed by atoms with Gasteiger partial charge in [-0.05, 0) is 12.1 Å². The summed E-state index contributed by atoms with van der Waals surface area (Å²) in [4.78, 5) is 4.20. The van der Waals surface area contributed by atoms with Crippen LogP contribution in [0.3, 0.4) is 0 Å². The van der Waals surface area contributed by atoms with Gasteiger partial charge in [-0.1, -0.05) is 12.1 Å². The minimum atomic E-state index is 0.734. The number of methoxy groups -OCH3 is 1. The van der Waals surface area contributed by atoms with E-state index >= 15 is 0 Å². The molecule has 1 heterocycles. The number of benzene rings is 1. The van der Waals surface area contributed by atoms with Gasteiger partial charge in [-0.2, -0.15) is 0 Å². The van der Waals surface area contributed by atoms with Crippen LogP contribution in [0.25, 0.3) is 0 Å². The quantitative estimate of drug-likeness (QED) is 0.860. The molecule has 15 heavy (non-hydrogen) atoms. The Hall–Kier alpha value is -1.55. The zero-order chi connectivity index (χ0) is 10.5. The molecule has 0 fully saturated rings. The van der Waals surface area contributed by atoms with Crippen molar-refractivity contribution in [3.8, 4) is 5.75 Å². The number of hydrogen-bond donors (Lipinski definition) is 1. The van der Waals surface area contributed by atoms with E-state index in [1.807, 2.05) is 35.8 Å². The van der Waals surface area contributed by atoms with Crippen LogP contribution in [0, 0.1) is 0 Å². The molecule has 0 saturated carbocycles. The van der Waals surface area contributed by atoms with Crippen LogP contribution in [0.2, 0.25) is 0 Å². The fourth-order valence-electron chi connectivity index (χ4n) is 1.30. The number of anilines is 1. The molecule has 0 atom stereocenters. The van der Waals surface area contributed by atoms with E-state index < -0.39 is 0 Å². The summed E-state index contributed by atoms with van der Waals surface area (Å²) in [6.07, 6.45) is 1.81. The number of para-hydroxylation sites is 2. The third-order valence-electron chi connectivity index (χ3n) is 2.02. The van der Waals surface area contributed by atoms with E-state index in [0.717, 1.165) is 23.0 Å². The molecular weight excluding hydrogens is 208 g/mol. The van der Waals surface area contributed by atoms with Gasteiger partial charge < -0.3 is 10.1 Å². The van der Waals surface area contributed by atoms with E-state index in [1.54, 1.807) is 18.4 Å². The first kappa shape index (κ1) is 9.98. The topological polar surface area (TPSA) is 34.1 Å². The molecule has 1 N–H and O–H groups in total. The van der Waals surface area contributed by atoms with Gasteiger partial charge in [0.2, 0.25) is 0 Å². The number of aromatic nitrogens is 1. The molecule has 0 aliphatic carbocycles. The van der Waals surface area contributed by atoms with Crippen LogP contribution in [0.4, 0.5) is 5.69 Å². The average Bonchev–Trinajstić information content (AvgIpc) is 2.79. The maximum atomic E-state index is 5.24. The molecular formula is C11H12N2OS. The number of hydrogen-bond acceptors (Lipinski definition) is 4. The van der Waals surface area contributed by atoms with Crippen molar-refractivity contribution in [2.24, 2.45) is 0 Å². The number of rotatable bonds is 4. The van der Waals surface area contributed by atoms with Crippen LogP contribution < -0.4 is 10.1 Å². The predicted octanol–water partition coefficient (Wildman–Crippen LogP) is 2.76. The van der Waals surface area contributed by atoms with Gasteiger partial charge in [0.25, 0.3) is 0 Å². The minimum Gasteiger partial charge on any atom is -0.495 e. The van der Waals surface area contributed by atoms with E-state index in [4.69, 9.17) is 4.74 Å². The Morgan fingerprint density at radius 2 is 2.27 bits per heavy atom. The molecule has 2 aromatic rings. The average molecular weight is 220 g/mol. The van der Waals surface area contributed by atoms with Crippen LogP contribution >= 0.6 is 11.3 Å². The fourth-order valence-corrected chi connectivity index (χ4v) is 1.86. The highest BCUT2D eigenvalue weighted by molar-refractivity contribution is 7.09. The molecule has 0 saturated heterocycles. The van der Waals surface area contributed by atoms with Crippen molar-refractivity contribution in [1.82, 2.24) is 4.98 Å². The zero-order valence-electron chi connectivity index (χ0n) is 8.43. The third kappa shape index (κ3) is 2.47. The van der Waals surface area contributed by atoms with Gasteiger partial charge in [-0.15, -0.1) is 11.3 Å². The number of nitrogens with one attached hydrogen (secondary N) is 1. The number of thiazole rings is 1. The molecule has 0 bridgehead atoms. The summed E-state index contributed by atoms with van der Waals surface area (Å²) in [5.74, 6) is 0.856. The Morgan fingerprint density at radius 1 is 1.40 bits per heavy atom. The van der Waals surface area contributed by atoms with Crippen molar-refractivity contribution >= 4 is 17.0 Å². The SMILES string of the molecule is COc1ccccc1NCc1nccs1. The predicted molar refractivity (Wildman–Crippen MR) is 62.4 cm³/mol. The normalized spacial score (nSPS) is 9.93. The summed E-state index contributed by atoms with van der Waals surface area (Å²) in [6, 6.07) is 7.86. The summed E-state index contributed by atoms with van der Waals surface area (Å²) in [5.41, 5.74) is 0.996. The van der Waals surface area contributed by atoms with E-state index in [1.165, 1.54) is 0 Å². The molecule has 0 unspecified atom stereocenters. The van der Waals surface area contributed by atoms with Gasteiger partial charge in [0.05, 0.1) is 19.3 Å². The highest BCUT2D eigenvalue weighted by atomic mass is 32.1. The third-order valence-corrected chi connectivity index (χ3v) is 2.80. The highest BCUT2D eigenvalue weighted by Crippen LogP contribution is 2.23. The molecule has 0 amide bonds.